The quantitative estimate of drug-likeness (QED) is 0.628. The SMILES string of the molecule is Cc1nccn1Cc1ccc(NC(=O)c2sccc2S(=O)(=O)N2CCCCC2)cc1. The number of sulfonamides is 1. The summed E-state index contributed by atoms with van der Waals surface area (Å²) in [6.45, 7) is 3.67. The average molecular weight is 445 g/mol. The predicted molar refractivity (Wildman–Crippen MR) is 117 cm³/mol. The fourth-order valence-corrected chi connectivity index (χ4v) is 6.37. The number of hydrogen-bond acceptors (Lipinski definition) is 5. The van der Waals surface area contributed by atoms with Crippen LogP contribution < -0.4 is 5.32 Å². The fourth-order valence-electron chi connectivity index (χ4n) is 3.56. The molecule has 1 aliphatic heterocycles. The fraction of sp³-hybridized carbons (Fsp3) is 0.333. The molecule has 0 saturated carbocycles. The van der Waals surface area contributed by atoms with Gasteiger partial charge in [0.25, 0.3) is 5.91 Å². The third-order valence-corrected chi connectivity index (χ3v) is 8.24. The molecular weight excluding hydrogens is 420 g/mol. The summed E-state index contributed by atoms with van der Waals surface area (Å²) >= 11 is 1.15. The van der Waals surface area contributed by atoms with Gasteiger partial charge in [0, 0.05) is 37.7 Å². The molecule has 1 fully saturated rings. The van der Waals surface area contributed by atoms with E-state index in [0.717, 1.165) is 42.0 Å². The minimum atomic E-state index is -3.65. The Morgan fingerprint density at radius 3 is 2.53 bits per heavy atom. The van der Waals surface area contributed by atoms with E-state index in [1.807, 2.05) is 42.0 Å². The number of imidazole rings is 1. The molecular formula is C21H24N4O3S2. The van der Waals surface area contributed by atoms with E-state index in [2.05, 4.69) is 10.3 Å². The minimum absolute atomic E-state index is 0.0964. The predicted octanol–water partition coefficient (Wildman–Crippen LogP) is 3.73. The number of aromatic nitrogens is 2. The molecule has 0 unspecified atom stereocenters. The lowest BCUT2D eigenvalue weighted by Crippen LogP contribution is -2.36. The van der Waals surface area contributed by atoms with Gasteiger partial charge in [-0.1, -0.05) is 18.6 Å². The number of amides is 1. The van der Waals surface area contributed by atoms with E-state index in [1.54, 1.807) is 11.6 Å². The van der Waals surface area contributed by atoms with Crippen LogP contribution in [0, 0.1) is 6.92 Å². The molecule has 158 valence electrons. The van der Waals surface area contributed by atoms with Crippen LogP contribution in [0.1, 0.15) is 40.3 Å². The minimum Gasteiger partial charge on any atom is -0.331 e. The van der Waals surface area contributed by atoms with E-state index in [0.29, 0.717) is 25.3 Å². The number of rotatable bonds is 6. The molecule has 3 heterocycles. The zero-order chi connectivity index (χ0) is 21.1. The van der Waals surface area contributed by atoms with Gasteiger partial charge in [-0.05, 0) is 48.9 Å². The van der Waals surface area contributed by atoms with Crippen LogP contribution in [0.4, 0.5) is 5.69 Å². The monoisotopic (exact) mass is 444 g/mol. The third kappa shape index (κ3) is 4.33. The zero-order valence-corrected chi connectivity index (χ0v) is 18.4. The highest BCUT2D eigenvalue weighted by molar-refractivity contribution is 7.89. The van der Waals surface area contributed by atoms with Gasteiger partial charge >= 0.3 is 0 Å². The van der Waals surface area contributed by atoms with Gasteiger partial charge in [0.2, 0.25) is 10.0 Å². The smallest absolute Gasteiger partial charge is 0.267 e. The molecule has 1 N–H and O–H groups in total. The van der Waals surface area contributed by atoms with Gasteiger partial charge in [-0.25, -0.2) is 13.4 Å². The van der Waals surface area contributed by atoms with Crippen molar-refractivity contribution in [3.8, 4) is 0 Å². The van der Waals surface area contributed by atoms with Crippen molar-refractivity contribution < 1.29 is 13.2 Å². The first-order chi connectivity index (χ1) is 14.4. The molecule has 1 saturated heterocycles. The Bertz CT molecular complexity index is 1130. The van der Waals surface area contributed by atoms with E-state index in [4.69, 9.17) is 0 Å². The third-order valence-electron chi connectivity index (χ3n) is 5.26. The van der Waals surface area contributed by atoms with Crippen LogP contribution in [-0.2, 0) is 16.6 Å². The topological polar surface area (TPSA) is 84.3 Å². The van der Waals surface area contributed by atoms with Crippen LogP contribution in [0.2, 0.25) is 0 Å². The van der Waals surface area contributed by atoms with E-state index in [1.165, 1.54) is 10.4 Å². The maximum atomic E-state index is 13.0. The van der Waals surface area contributed by atoms with Crippen LogP contribution in [-0.4, -0.2) is 41.3 Å². The molecule has 0 radical (unpaired) electrons. The van der Waals surface area contributed by atoms with Crippen molar-refractivity contribution in [1.82, 2.24) is 13.9 Å². The first kappa shape index (κ1) is 20.8. The molecule has 0 spiro atoms. The van der Waals surface area contributed by atoms with Gasteiger partial charge in [0.05, 0.1) is 0 Å². The number of thiophene rings is 1. The normalized spacial score (nSPS) is 15.2. The van der Waals surface area contributed by atoms with Crippen LogP contribution >= 0.6 is 11.3 Å². The molecule has 4 rings (SSSR count). The number of benzene rings is 1. The van der Waals surface area contributed by atoms with Crippen LogP contribution in [0.3, 0.4) is 0 Å². The van der Waals surface area contributed by atoms with Crippen LogP contribution in [0.25, 0.3) is 0 Å². The summed E-state index contributed by atoms with van der Waals surface area (Å²) in [4.78, 5) is 17.3. The highest BCUT2D eigenvalue weighted by Gasteiger charge is 2.31. The molecule has 3 aromatic rings. The van der Waals surface area contributed by atoms with Crippen molar-refractivity contribution >= 4 is 33.0 Å². The van der Waals surface area contributed by atoms with E-state index >= 15 is 0 Å². The Labute approximate surface area is 180 Å². The van der Waals surface area contributed by atoms with Crippen molar-refractivity contribution in [3.05, 3.63) is 64.4 Å². The second kappa shape index (κ2) is 8.71. The maximum Gasteiger partial charge on any atom is 0.267 e. The van der Waals surface area contributed by atoms with Crippen molar-refractivity contribution in [1.29, 1.82) is 0 Å². The van der Waals surface area contributed by atoms with Crippen molar-refractivity contribution in [2.45, 2.75) is 37.6 Å². The van der Waals surface area contributed by atoms with Gasteiger partial charge in [0.15, 0.2) is 0 Å². The first-order valence-electron chi connectivity index (χ1n) is 9.91. The number of aryl methyl sites for hydroxylation is 1. The van der Waals surface area contributed by atoms with Crippen LogP contribution in [0.15, 0.2) is 53.0 Å². The number of carbonyl (C=O) groups excluding carboxylic acids is 1. The summed E-state index contributed by atoms with van der Waals surface area (Å²) in [5, 5.41) is 4.48. The maximum absolute atomic E-state index is 13.0. The standard InChI is InChI=1S/C21H24N4O3S2/c1-16-22-10-13-24(16)15-17-5-7-18(8-6-17)23-21(26)20-19(9-14-29-20)30(27,28)25-11-3-2-4-12-25/h5-10,13-14H,2-4,11-12,15H2,1H3,(H,23,26). The van der Waals surface area contributed by atoms with E-state index in [-0.39, 0.29) is 9.77 Å². The Balaban J connectivity index is 1.47. The summed E-state index contributed by atoms with van der Waals surface area (Å²) in [5.41, 5.74) is 1.71. The summed E-state index contributed by atoms with van der Waals surface area (Å²) in [6.07, 6.45) is 6.44. The number of anilines is 1. The Kier molecular flexibility index (Phi) is 6.03. The largest absolute Gasteiger partial charge is 0.331 e. The Morgan fingerprint density at radius 1 is 1.13 bits per heavy atom. The molecule has 1 amide bonds. The van der Waals surface area contributed by atoms with Gasteiger partial charge < -0.3 is 9.88 Å². The van der Waals surface area contributed by atoms with Gasteiger partial charge in [0.1, 0.15) is 15.6 Å². The van der Waals surface area contributed by atoms with Gasteiger partial charge in [-0.2, -0.15) is 4.31 Å². The van der Waals surface area contributed by atoms with Crippen LogP contribution in [0.5, 0.6) is 0 Å². The number of carbonyl (C=O) groups is 1. The Morgan fingerprint density at radius 2 is 1.87 bits per heavy atom. The molecule has 0 atom stereocenters. The lowest BCUT2D eigenvalue weighted by atomic mass is 10.2. The summed E-state index contributed by atoms with van der Waals surface area (Å²) in [7, 11) is -3.65. The molecule has 9 heteroatoms. The van der Waals surface area contributed by atoms with Crippen molar-refractivity contribution in [3.63, 3.8) is 0 Å². The summed E-state index contributed by atoms with van der Waals surface area (Å²) in [5.74, 6) is 0.534. The van der Waals surface area contributed by atoms with E-state index < -0.39 is 15.9 Å². The summed E-state index contributed by atoms with van der Waals surface area (Å²) in [6, 6.07) is 9.06. The van der Waals surface area contributed by atoms with E-state index in [9.17, 15) is 13.2 Å². The number of nitrogens with one attached hydrogen (secondary N) is 1. The lowest BCUT2D eigenvalue weighted by molar-refractivity contribution is 0.102. The van der Waals surface area contributed by atoms with Crippen molar-refractivity contribution in [2.75, 3.05) is 18.4 Å². The number of piperidine rings is 1. The van der Waals surface area contributed by atoms with Gasteiger partial charge in [-0.3, -0.25) is 4.79 Å². The molecule has 0 aliphatic carbocycles. The van der Waals surface area contributed by atoms with Gasteiger partial charge in [-0.15, -0.1) is 11.3 Å². The second-order valence-electron chi connectivity index (χ2n) is 7.33. The van der Waals surface area contributed by atoms with Crippen molar-refractivity contribution in [2.24, 2.45) is 0 Å². The molecule has 7 nitrogen and oxygen atoms in total. The average Bonchev–Trinajstić information content (AvgIpc) is 3.40. The molecule has 1 aliphatic rings. The summed E-state index contributed by atoms with van der Waals surface area (Å²) < 4.78 is 29.5. The highest BCUT2D eigenvalue weighted by atomic mass is 32.2. The second-order valence-corrected chi connectivity index (χ2v) is 10.2. The molecule has 30 heavy (non-hydrogen) atoms. The lowest BCUT2D eigenvalue weighted by Gasteiger charge is -2.25. The molecule has 1 aromatic carbocycles. The Hall–Kier alpha value is -2.49. The number of nitrogens with zero attached hydrogens (tertiary/aromatic N) is 3. The highest BCUT2D eigenvalue weighted by Crippen LogP contribution is 2.28. The zero-order valence-electron chi connectivity index (χ0n) is 16.7. The molecule has 2 aromatic heterocycles. The molecule has 0 bridgehead atoms. The first-order valence-corrected chi connectivity index (χ1v) is 12.2. The number of hydrogen-bond donors (Lipinski definition) is 1.